The van der Waals surface area contributed by atoms with Crippen molar-refractivity contribution in [2.45, 2.75) is 6.54 Å². The fourth-order valence-electron chi connectivity index (χ4n) is 4.28. The third-order valence-electron chi connectivity index (χ3n) is 5.84. The molecule has 1 saturated heterocycles. The van der Waals surface area contributed by atoms with Gasteiger partial charge in [-0.25, -0.2) is 4.79 Å². The second-order valence-corrected chi connectivity index (χ2v) is 7.89. The van der Waals surface area contributed by atoms with Crippen LogP contribution in [0.15, 0.2) is 91.2 Å². The molecule has 0 saturated carbocycles. The lowest BCUT2D eigenvalue weighted by Gasteiger charge is -2.25. The average molecular weight is 435 g/mol. The first-order valence-corrected chi connectivity index (χ1v) is 10.6. The summed E-state index contributed by atoms with van der Waals surface area (Å²) in [6, 6.07) is 21.6. The van der Waals surface area contributed by atoms with E-state index < -0.39 is 17.8 Å². The number of aromatic nitrogens is 1. The summed E-state index contributed by atoms with van der Waals surface area (Å²) in [5, 5.41) is 5.50. The highest BCUT2D eigenvalue weighted by Crippen LogP contribution is 2.27. The number of rotatable bonds is 5. The Morgan fingerprint density at radius 3 is 2.42 bits per heavy atom. The van der Waals surface area contributed by atoms with E-state index in [9.17, 15) is 14.4 Å². The minimum atomic E-state index is -0.736. The van der Waals surface area contributed by atoms with Crippen molar-refractivity contribution in [3.63, 3.8) is 0 Å². The van der Waals surface area contributed by atoms with Crippen LogP contribution in [0.5, 0.6) is 0 Å². The van der Waals surface area contributed by atoms with Gasteiger partial charge in [0.05, 0.1) is 0 Å². The number of benzene rings is 3. The van der Waals surface area contributed by atoms with E-state index in [2.05, 4.69) is 40.7 Å². The van der Waals surface area contributed by atoms with Crippen molar-refractivity contribution in [3.8, 4) is 0 Å². The van der Waals surface area contributed by atoms with Gasteiger partial charge in [-0.1, -0.05) is 66.7 Å². The monoisotopic (exact) mass is 435 g/mol. The number of barbiturate groups is 1. The molecule has 6 nitrogen and oxygen atoms in total. The van der Waals surface area contributed by atoms with Gasteiger partial charge in [0.1, 0.15) is 5.57 Å². The molecule has 3 aromatic carbocycles. The lowest BCUT2D eigenvalue weighted by Crippen LogP contribution is -2.54. The zero-order valence-corrected chi connectivity index (χ0v) is 17.8. The molecule has 1 aliphatic rings. The molecule has 1 fully saturated rings. The van der Waals surface area contributed by atoms with Crippen LogP contribution >= 0.6 is 0 Å². The molecule has 0 spiro atoms. The van der Waals surface area contributed by atoms with Gasteiger partial charge >= 0.3 is 6.03 Å². The van der Waals surface area contributed by atoms with Crippen LogP contribution in [0.3, 0.4) is 0 Å². The van der Waals surface area contributed by atoms with Crippen LogP contribution < -0.4 is 5.32 Å². The summed E-state index contributed by atoms with van der Waals surface area (Å²) >= 11 is 0. The number of urea groups is 1. The molecule has 4 amide bonds. The highest BCUT2D eigenvalue weighted by molar-refractivity contribution is 6.31. The van der Waals surface area contributed by atoms with Gasteiger partial charge in [0, 0.05) is 35.8 Å². The number of carbonyl (C=O) groups excluding carboxylic acids is 3. The van der Waals surface area contributed by atoms with Crippen LogP contribution in [0.1, 0.15) is 11.1 Å². The molecule has 1 aliphatic heterocycles. The van der Waals surface area contributed by atoms with E-state index in [1.807, 2.05) is 48.7 Å². The Labute approximate surface area is 190 Å². The predicted molar refractivity (Wildman–Crippen MR) is 128 cm³/mol. The summed E-state index contributed by atoms with van der Waals surface area (Å²) in [6.07, 6.45) is 4.94. The van der Waals surface area contributed by atoms with Gasteiger partial charge < -0.3 is 4.57 Å². The number of hydrogen-bond donors (Lipinski definition) is 1. The Kier molecular flexibility index (Phi) is 5.11. The summed E-state index contributed by atoms with van der Waals surface area (Å²) in [6.45, 7) is 4.23. The van der Waals surface area contributed by atoms with E-state index in [1.165, 1.54) is 22.4 Å². The number of fused-ring (bicyclic) bond motifs is 2. The van der Waals surface area contributed by atoms with Crippen molar-refractivity contribution >= 4 is 45.6 Å². The van der Waals surface area contributed by atoms with E-state index in [0.717, 1.165) is 21.4 Å². The van der Waals surface area contributed by atoms with Crippen LogP contribution in [0, 0.1) is 0 Å². The SMILES string of the molecule is C=CCN1C(=O)NC(=O)/C(=C/c2cn(Cc3cccc4ccccc34)c3ccccc23)C1=O. The van der Waals surface area contributed by atoms with Gasteiger partial charge in [-0.15, -0.1) is 6.58 Å². The molecular formula is C27H21N3O3. The minimum Gasteiger partial charge on any atom is -0.342 e. The number of nitrogens with one attached hydrogen (secondary N) is 1. The fraction of sp³-hybridized carbons (Fsp3) is 0.0741. The maximum Gasteiger partial charge on any atom is 0.331 e. The minimum absolute atomic E-state index is 0.0259. The zero-order chi connectivity index (χ0) is 22.9. The van der Waals surface area contributed by atoms with E-state index in [-0.39, 0.29) is 12.1 Å². The molecular weight excluding hydrogens is 414 g/mol. The highest BCUT2D eigenvalue weighted by atomic mass is 16.2. The molecule has 6 heteroatoms. The number of nitrogens with zero attached hydrogens (tertiary/aromatic N) is 2. The smallest absolute Gasteiger partial charge is 0.331 e. The second kappa shape index (κ2) is 8.24. The molecule has 1 aromatic heterocycles. The number of para-hydroxylation sites is 1. The summed E-state index contributed by atoms with van der Waals surface area (Å²) in [5.41, 5.74) is 2.81. The average Bonchev–Trinajstić information content (AvgIpc) is 3.17. The molecule has 1 N–H and O–H groups in total. The molecule has 5 rings (SSSR count). The third-order valence-corrected chi connectivity index (χ3v) is 5.84. The van der Waals surface area contributed by atoms with E-state index in [0.29, 0.717) is 6.54 Å². The maximum atomic E-state index is 12.8. The molecule has 0 radical (unpaired) electrons. The first-order valence-electron chi connectivity index (χ1n) is 10.6. The second-order valence-electron chi connectivity index (χ2n) is 7.89. The lowest BCUT2D eigenvalue weighted by molar-refractivity contribution is -0.129. The standard InChI is InChI=1S/C27H21N3O3/c1-2-14-30-26(32)23(25(31)28-27(30)33)15-20-17-29(24-13-6-5-12-22(20)24)16-19-10-7-9-18-8-3-4-11-21(18)19/h2-13,15,17H,1,14,16H2,(H,28,31,33)/b23-15-. The molecule has 0 bridgehead atoms. The quantitative estimate of drug-likeness (QED) is 0.285. The summed E-state index contributed by atoms with van der Waals surface area (Å²) in [4.78, 5) is 38.3. The van der Waals surface area contributed by atoms with E-state index in [4.69, 9.17) is 0 Å². The van der Waals surface area contributed by atoms with Crippen molar-refractivity contribution in [2.75, 3.05) is 6.54 Å². The van der Waals surface area contributed by atoms with Gasteiger partial charge in [0.15, 0.2) is 0 Å². The summed E-state index contributed by atoms with van der Waals surface area (Å²) in [5.74, 6) is -1.33. The van der Waals surface area contributed by atoms with Crippen LogP contribution in [-0.4, -0.2) is 33.9 Å². The van der Waals surface area contributed by atoms with Gasteiger partial charge in [0.25, 0.3) is 11.8 Å². The van der Waals surface area contributed by atoms with Crippen LogP contribution in [-0.2, 0) is 16.1 Å². The topological polar surface area (TPSA) is 71.4 Å². The lowest BCUT2D eigenvalue weighted by atomic mass is 10.0. The number of hydrogen-bond acceptors (Lipinski definition) is 3. The van der Waals surface area contributed by atoms with Crippen LogP contribution in [0.4, 0.5) is 4.79 Å². The van der Waals surface area contributed by atoms with E-state index in [1.54, 1.807) is 6.08 Å². The highest BCUT2D eigenvalue weighted by Gasteiger charge is 2.35. The van der Waals surface area contributed by atoms with Crippen molar-refractivity contribution in [2.24, 2.45) is 0 Å². The Morgan fingerprint density at radius 1 is 0.879 bits per heavy atom. The third kappa shape index (κ3) is 3.61. The molecule has 2 heterocycles. The number of imide groups is 2. The first kappa shape index (κ1) is 20.5. The molecule has 0 unspecified atom stereocenters. The Hall–Kier alpha value is -4.45. The largest absolute Gasteiger partial charge is 0.342 e. The maximum absolute atomic E-state index is 12.8. The molecule has 0 atom stereocenters. The predicted octanol–water partition coefficient (Wildman–Crippen LogP) is 4.49. The van der Waals surface area contributed by atoms with Crippen LogP contribution in [0.25, 0.3) is 27.8 Å². The molecule has 0 aliphatic carbocycles. The molecule has 33 heavy (non-hydrogen) atoms. The molecule has 162 valence electrons. The van der Waals surface area contributed by atoms with Gasteiger partial charge in [-0.05, 0) is 28.5 Å². The zero-order valence-electron chi connectivity index (χ0n) is 17.8. The first-order chi connectivity index (χ1) is 16.1. The summed E-state index contributed by atoms with van der Waals surface area (Å²) in [7, 11) is 0. The van der Waals surface area contributed by atoms with Gasteiger partial charge in [-0.2, -0.15) is 0 Å². The van der Waals surface area contributed by atoms with Gasteiger partial charge in [0.2, 0.25) is 0 Å². The van der Waals surface area contributed by atoms with Crippen molar-refractivity contribution in [1.82, 2.24) is 14.8 Å². The van der Waals surface area contributed by atoms with Gasteiger partial charge in [-0.3, -0.25) is 19.8 Å². The van der Waals surface area contributed by atoms with Crippen molar-refractivity contribution < 1.29 is 14.4 Å². The van der Waals surface area contributed by atoms with E-state index >= 15 is 0 Å². The Bertz CT molecular complexity index is 1470. The Morgan fingerprint density at radius 2 is 1.61 bits per heavy atom. The fourth-order valence-corrected chi connectivity index (χ4v) is 4.28. The molecule has 4 aromatic rings. The number of amides is 4. The number of carbonyl (C=O) groups is 3. The normalized spacial score (nSPS) is 15.5. The Balaban J connectivity index is 1.59. The van der Waals surface area contributed by atoms with Crippen LogP contribution in [0.2, 0.25) is 0 Å². The summed E-state index contributed by atoms with van der Waals surface area (Å²) < 4.78 is 2.11. The van der Waals surface area contributed by atoms with Crippen molar-refractivity contribution in [1.29, 1.82) is 0 Å². The van der Waals surface area contributed by atoms with Crippen molar-refractivity contribution in [3.05, 3.63) is 102 Å².